The molecule has 2 saturated heterocycles. The fourth-order valence-corrected chi connectivity index (χ4v) is 3.89. The van der Waals surface area contributed by atoms with Gasteiger partial charge in [-0.15, -0.1) is 0 Å². The highest BCUT2D eigenvalue weighted by Gasteiger charge is 2.39. The number of nitrogens with one attached hydrogen (secondary N) is 1. The molecule has 2 bridgehead atoms. The third-order valence-corrected chi connectivity index (χ3v) is 4.91. The van der Waals surface area contributed by atoms with Gasteiger partial charge in [0, 0.05) is 23.5 Å². The standard InChI is InChI=1S/C13H19N3OS/c1-8-5-11(15-18-8)13(17)14-10-6-9-3-4-12(10)16(2)7-9/h5,9-10,12H,3-4,6-7H2,1-2H3,(H,14,17). The lowest BCUT2D eigenvalue weighted by Crippen LogP contribution is -2.59. The maximum atomic E-state index is 12.1. The van der Waals surface area contributed by atoms with Crippen LogP contribution in [0.25, 0.3) is 0 Å². The van der Waals surface area contributed by atoms with Gasteiger partial charge in [-0.2, -0.15) is 4.37 Å². The van der Waals surface area contributed by atoms with Crippen LogP contribution in [0.15, 0.2) is 6.07 Å². The summed E-state index contributed by atoms with van der Waals surface area (Å²) in [6, 6.07) is 2.68. The number of hydrogen-bond donors (Lipinski definition) is 1. The van der Waals surface area contributed by atoms with Crippen LogP contribution >= 0.6 is 11.5 Å². The van der Waals surface area contributed by atoms with Gasteiger partial charge in [0.1, 0.15) is 5.69 Å². The third kappa shape index (κ3) is 2.17. The molecule has 0 spiro atoms. The quantitative estimate of drug-likeness (QED) is 0.884. The zero-order chi connectivity index (χ0) is 12.7. The van der Waals surface area contributed by atoms with Crippen LogP contribution in [0.4, 0.5) is 0 Å². The van der Waals surface area contributed by atoms with Crippen molar-refractivity contribution in [2.75, 3.05) is 13.6 Å². The van der Waals surface area contributed by atoms with Gasteiger partial charge >= 0.3 is 0 Å². The molecule has 4 nitrogen and oxygen atoms in total. The first kappa shape index (κ1) is 12.1. The number of likely N-dealkylation sites (N-methyl/N-ethyl adjacent to an activating group) is 1. The van der Waals surface area contributed by atoms with Crippen LogP contribution in [0.3, 0.4) is 0 Å². The normalized spacial score (nSPS) is 31.6. The minimum Gasteiger partial charge on any atom is -0.346 e. The molecule has 1 aromatic heterocycles. The molecule has 0 radical (unpaired) electrons. The average molecular weight is 265 g/mol. The van der Waals surface area contributed by atoms with Crippen LogP contribution < -0.4 is 5.32 Å². The van der Waals surface area contributed by atoms with E-state index in [4.69, 9.17) is 0 Å². The Hall–Kier alpha value is -0.940. The van der Waals surface area contributed by atoms with E-state index >= 15 is 0 Å². The number of nitrogens with zero attached hydrogens (tertiary/aromatic N) is 2. The summed E-state index contributed by atoms with van der Waals surface area (Å²) < 4.78 is 4.18. The first-order valence-corrected chi connectivity index (χ1v) is 7.35. The van der Waals surface area contributed by atoms with E-state index in [0.29, 0.717) is 17.8 Å². The highest BCUT2D eigenvalue weighted by Crippen LogP contribution is 2.34. The molecule has 3 fully saturated rings. The molecule has 3 aliphatic rings. The lowest BCUT2D eigenvalue weighted by molar-refractivity contribution is 0.0376. The third-order valence-electron chi connectivity index (χ3n) is 4.21. The number of carbonyl (C=O) groups is 1. The van der Waals surface area contributed by atoms with Crippen molar-refractivity contribution in [1.29, 1.82) is 0 Å². The molecule has 3 atom stereocenters. The van der Waals surface area contributed by atoms with Gasteiger partial charge in [-0.3, -0.25) is 4.79 Å². The number of rotatable bonds is 2. The van der Waals surface area contributed by atoms with E-state index < -0.39 is 0 Å². The van der Waals surface area contributed by atoms with Crippen LogP contribution in [-0.2, 0) is 0 Å². The maximum Gasteiger partial charge on any atom is 0.271 e. The van der Waals surface area contributed by atoms with Crippen LogP contribution in [0.5, 0.6) is 0 Å². The lowest BCUT2D eigenvalue weighted by Gasteiger charge is -2.48. The predicted octanol–water partition coefficient (Wildman–Crippen LogP) is 1.66. The van der Waals surface area contributed by atoms with E-state index in [2.05, 4.69) is 21.6 Å². The van der Waals surface area contributed by atoms with Gasteiger partial charge in [-0.05, 0) is 56.8 Å². The molecule has 3 unspecified atom stereocenters. The maximum absolute atomic E-state index is 12.1. The van der Waals surface area contributed by atoms with Gasteiger partial charge in [-0.1, -0.05) is 0 Å². The van der Waals surface area contributed by atoms with Gasteiger partial charge in [0.05, 0.1) is 0 Å². The summed E-state index contributed by atoms with van der Waals surface area (Å²) in [5.74, 6) is 0.743. The molecule has 1 saturated carbocycles. The summed E-state index contributed by atoms with van der Waals surface area (Å²) in [5, 5.41) is 3.17. The van der Waals surface area contributed by atoms with E-state index in [9.17, 15) is 4.79 Å². The van der Waals surface area contributed by atoms with Crippen molar-refractivity contribution in [3.8, 4) is 0 Å². The second kappa shape index (κ2) is 4.63. The van der Waals surface area contributed by atoms with Crippen LogP contribution in [-0.4, -0.2) is 40.9 Å². The van der Waals surface area contributed by atoms with Crippen molar-refractivity contribution >= 4 is 17.4 Å². The van der Waals surface area contributed by atoms with Gasteiger partial charge in [0.2, 0.25) is 0 Å². The molecule has 18 heavy (non-hydrogen) atoms. The van der Waals surface area contributed by atoms with E-state index in [0.717, 1.165) is 17.2 Å². The zero-order valence-electron chi connectivity index (χ0n) is 10.8. The van der Waals surface area contributed by atoms with Crippen LogP contribution in [0, 0.1) is 12.8 Å². The minimum atomic E-state index is -0.00898. The number of piperidine rings is 2. The Balaban J connectivity index is 1.68. The van der Waals surface area contributed by atoms with Crippen molar-refractivity contribution in [1.82, 2.24) is 14.6 Å². The van der Waals surface area contributed by atoms with Gasteiger partial charge in [0.15, 0.2) is 0 Å². The molecule has 4 rings (SSSR count). The summed E-state index contributed by atoms with van der Waals surface area (Å²) in [4.78, 5) is 15.6. The first-order valence-electron chi connectivity index (χ1n) is 6.58. The van der Waals surface area contributed by atoms with Crippen molar-refractivity contribution in [2.24, 2.45) is 5.92 Å². The number of fused-ring (bicyclic) bond motifs is 3. The van der Waals surface area contributed by atoms with Gasteiger partial charge in [0.25, 0.3) is 5.91 Å². The molecular formula is C13H19N3OS. The molecule has 98 valence electrons. The van der Waals surface area contributed by atoms with Crippen molar-refractivity contribution in [3.05, 3.63) is 16.6 Å². The predicted molar refractivity (Wildman–Crippen MR) is 71.9 cm³/mol. The Labute approximate surface area is 112 Å². The second-order valence-electron chi connectivity index (χ2n) is 5.59. The number of amides is 1. The fourth-order valence-electron chi connectivity index (χ4n) is 3.35. The molecule has 3 heterocycles. The van der Waals surface area contributed by atoms with E-state index in [1.54, 1.807) is 0 Å². The van der Waals surface area contributed by atoms with Crippen molar-refractivity contribution < 1.29 is 4.79 Å². The summed E-state index contributed by atoms with van der Waals surface area (Å²) in [6.07, 6.45) is 3.66. The van der Waals surface area contributed by atoms with Crippen molar-refractivity contribution in [3.63, 3.8) is 0 Å². The van der Waals surface area contributed by atoms with Gasteiger partial charge < -0.3 is 10.2 Å². The number of carbonyl (C=O) groups excluding carboxylic acids is 1. The summed E-state index contributed by atoms with van der Waals surface area (Å²) >= 11 is 1.39. The van der Waals surface area contributed by atoms with Crippen LogP contribution in [0.1, 0.15) is 34.6 Å². The lowest BCUT2D eigenvalue weighted by atomic mass is 9.77. The summed E-state index contributed by atoms with van der Waals surface area (Å²) in [6.45, 7) is 3.16. The monoisotopic (exact) mass is 265 g/mol. The fraction of sp³-hybridized carbons (Fsp3) is 0.692. The SMILES string of the molecule is Cc1cc(C(=O)NC2CC3CCC2N(C)C3)ns1. The molecular weight excluding hydrogens is 246 g/mol. The molecule has 1 N–H and O–H groups in total. The van der Waals surface area contributed by atoms with Gasteiger partial charge in [-0.25, -0.2) is 0 Å². The van der Waals surface area contributed by atoms with Crippen LogP contribution in [0.2, 0.25) is 0 Å². The Morgan fingerprint density at radius 2 is 2.39 bits per heavy atom. The summed E-state index contributed by atoms with van der Waals surface area (Å²) in [5.41, 5.74) is 0.571. The number of aryl methyl sites for hydroxylation is 1. The molecule has 1 amide bonds. The Bertz CT molecular complexity index is 459. The zero-order valence-corrected chi connectivity index (χ0v) is 11.7. The minimum absolute atomic E-state index is 0.00898. The Morgan fingerprint density at radius 1 is 1.56 bits per heavy atom. The topological polar surface area (TPSA) is 45.2 Å². The smallest absolute Gasteiger partial charge is 0.271 e. The highest BCUT2D eigenvalue weighted by molar-refractivity contribution is 7.05. The van der Waals surface area contributed by atoms with E-state index in [1.807, 2.05) is 13.0 Å². The molecule has 5 heteroatoms. The molecule has 1 aromatic rings. The first-order chi connectivity index (χ1) is 8.63. The summed E-state index contributed by atoms with van der Waals surface area (Å²) in [7, 11) is 2.17. The Morgan fingerprint density at radius 3 is 3.00 bits per heavy atom. The largest absolute Gasteiger partial charge is 0.346 e. The number of aromatic nitrogens is 1. The number of hydrogen-bond acceptors (Lipinski definition) is 4. The average Bonchev–Trinajstić information content (AvgIpc) is 2.76. The van der Waals surface area contributed by atoms with E-state index in [-0.39, 0.29) is 5.91 Å². The molecule has 2 aliphatic heterocycles. The Kier molecular flexibility index (Phi) is 3.11. The molecule has 0 aromatic carbocycles. The van der Waals surface area contributed by atoms with Crippen molar-refractivity contribution in [2.45, 2.75) is 38.3 Å². The molecule has 1 aliphatic carbocycles. The second-order valence-corrected chi connectivity index (χ2v) is 6.60. The van der Waals surface area contributed by atoms with E-state index in [1.165, 1.54) is 30.9 Å². The highest BCUT2D eigenvalue weighted by atomic mass is 32.1.